The molecule has 0 spiro atoms. The summed E-state index contributed by atoms with van der Waals surface area (Å²) in [6, 6.07) is 9.48. The van der Waals surface area contributed by atoms with Crippen LogP contribution in [0.1, 0.15) is 49.4 Å². The molecule has 1 aromatic carbocycles. The van der Waals surface area contributed by atoms with Gasteiger partial charge in [0.2, 0.25) is 0 Å². The van der Waals surface area contributed by atoms with Gasteiger partial charge in [-0.25, -0.2) is 0 Å². The molecule has 2 rings (SSSR count). The molecule has 1 saturated heterocycles. The summed E-state index contributed by atoms with van der Waals surface area (Å²) in [6.45, 7) is 4.13. The summed E-state index contributed by atoms with van der Waals surface area (Å²) < 4.78 is 0. The molecule has 0 unspecified atom stereocenters. The molecule has 0 aromatic heterocycles. The summed E-state index contributed by atoms with van der Waals surface area (Å²) in [5, 5.41) is 6.77. The van der Waals surface area contributed by atoms with Crippen LogP contribution in [0.4, 0.5) is 0 Å². The monoisotopic (exact) mass is 258 g/mol. The average molecular weight is 258 g/mol. The maximum Gasteiger partial charge on any atom is 0.168 e. The molecule has 1 heterocycles. The van der Waals surface area contributed by atoms with Gasteiger partial charge in [-0.05, 0) is 25.7 Å². The highest BCUT2D eigenvalue weighted by Crippen LogP contribution is 2.11. The van der Waals surface area contributed by atoms with E-state index in [4.69, 9.17) is 0 Å². The molecular formula is C16H22N2O. The van der Waals surface area contributed by atoms with Gasteiger partial charge in [-0.3, -0.25) is 9.80 Å². The molecule has 1 aliphatic heterocycles. The molecule has 102 valence electrons. The first kappa shape index (κ1) is 13.8. The van der Waals surface area contributed by atoms with Crippen LogP contribution in [0.15, 0.2) is 35.4 Å². The van der Waals surface area contributed by atoms with Gasteiger partial charge in [0, 0.05) is 24.4 Å². The van der Waals surface area contributed by atoms with Gasteiger partial charge in [0.05, 0.1) is 6.42 Å². The summed E-state index contributed by atoms with van der Waals surface area (Å²) in [4.78, 5) is 12.2. The van der Waals surface area contributed by atoms with Crippen molar-refractivity contribution in [1.82, 2.24) is 5.01 Å². The maximum atomic E-state index is 12.2. The van der Waals surface area contributed by atoms with Crippen molar-refractivity contribution in [2.75, 3.05) is 13.1 Å². The first-order valence-electron chi connectivity index (χ1n) is 7.19. The molecule has 0 amide bonds. The van der Waals surface area contributed by atoms with Crippen molar-refractivity contribution in [3.05, 3.63) is 35.9 Å². The second-order valence-corrected chi connectivity index (χ2v) is 5.00. The van der Waals surface area contributed by atoms with Crippen molar-refractivity contribution < 1.29 is 4.79 Å². The van der Waals surface area contributed by atoms with E-state index >= 15 is 0 Å². The van der Waals surface area contributed by atoms with E-state index in [1.54, 1.807) is 0 Å². The van der Waals surface area contributed by atoms with Crippen LogP contribution >= 0.6 is 0 Å². The maximum absolute atomic E-state index is 12.2. The van der Waals surface area contributed by atoms with E-state index in [1.807, 2.05) is 30.3 Å². The van der Waals surface area contributed by atoms with E-state index in [0.29, 0.717) is 6.42 Å². The molecule has 1 aliphatic rings. The van der Waals surface area contributed by atoms with Gasteiger partial charge in [0.15, 0.2) is 5.78 Å². The molecule has 3 nitrogen and oxygen atoms in total. The number of hydrogen-bond acceptors (Lipinski definition) is 3. The van der Waals surface area contributed by atoms with Crippen LogP contribution in [0.2, 0.25) is 0 Å². The van der Waals surface area contributed by atoms with E-state index in [9.17, 15) is 4.79 Å². The number of piperidine rings is 1. The Kier molecular flexibility index (Phi) is 5.13. The highest BCUT2D eigenvalue weighted by Gasteiger charge is 2.12. The van der Waals surface area contributed by atoms with Gasteiger partial charge in [0.25, 0.3) is 0 Å². The molecule has 3 heteroatoms. The number of benzene rings is 1. The second-order valence-electron chi connectivity index (χ2n) is 5.00. The number of nitrogens with zero attached hydrogens (tertiary/aromatic N) is 2. The standard InChI is InChI=1S/C16H22N2O/c1-2-15(17-18-11-7-4-8-12-18)13-16(19)14-9-5-3-6-10-14/h3,5-6,9-10H,2,4,7-8,11-13H2,1H3/b17-15+. The van der Waals surface area contributed by atoms with Crippen LogP contribution in [-0.2, 0) is 0 Å². The largest absolute Gasteiger partial charge is 0.297 e. The third-order valence-electron chi connectivity index (χ3n) is 3.48. The third-order valence-corrected chi connectivity index (χ3v) is 3.48. The summed E-state index contributed by atoms with van der Waals surface area (Å²) in [5.74, 6) is 0.165. The van der Waals surface area contributed by atoms with Crippen LogP contribution in [-0.4, -0.2) is 29.6 Å². The summed E-state index contributed by atoms with van der Waals surface area (Å²) in [6.07, 6.45) is 5.02. The van der Waals surface area contributed by atoms with Crippen LogP contribution in [0.5, 0.6) is 0 Å². The zero-order valence-corrected chi connectivity index (χ0v) is 11.6. The van der Waals surface area contributed by atoms with Gasteiger partial charge in [0.1, 0.15) is 0 Å². The topological polar surface area (TPSA) is 32.7 Å². The normalized spacial score (nSPS) is 16.5. The van der Waals surface area contributed by atoms with E-state index < -0.39 is 0 Å². The van der Waals surface area contributed by atoms with Crippen LogP contribution < -0.4 is 0 Å². The minimum Gasteiger partial charge on any atom is -0.297 e. The minimum atomic E-state index is 0.165. The zero-order valence-electron chi connectivity index (χ0n) is 11.6. The van der Waals surface area contributed by atoms with E-state index in [2.05, 4.69) is 17.0 Å². The molecule has 1 aromatic rings. The lowest BCUT2D eigenvalue weighted by molar-refractivity contribution is 0.0999. The van der Waals surface area contributed by atoms with Crippen molar-refractivity contribution in [3.8, 4) is 0 Å². The third kappa shape index (κ3) is 4.19. The zero-order chi connectivity index (χ0) is 13.5. The number of Topliss-reactive ketones (excluding diaryl/α,β-unsaturated/α-hetero) is 1. The van der Waals surface area contributed by atoms with Gasteiger partial charge in [-0.1, -0.05) is 37.3 Å². The Morgan fingerprint density at radius 1 is 1.16 bits per heavy atom. The lowest BCUT2D eigenvalue weighted by Crippen LogP contribution is -2.26. The van der Waals surface area contributed by atoms with Crippen LogP contribution in [0, 0.1) is 0 Å². The van der Waals surface area contributed by atoms with Crippen molar-refractivity contribution >= 4 is 11.5 Å². The molecule has 0 saturated carbocycles. The molecule has 0 atom stereocenters. The highest BCUT2D eigenvalue weighted by molar-refractivity contribution is 6.09. The predicted octanol–water partition coefficient (Wildman–Crippen LogP) is 3.51. The Bertz CT molecular complexity index is 433. The fourth-order valence-electron chi connectivity index (χ4n) is 2.32. The SMILES string of the molecule is CC/C(CC(=O)c1ccccc1)=N\N1CCCCC1. The predicted molar refractivity (Wildman–Crippen MR) is 78.5 cm³/mol. The molecule has 1 fully saturated rings. The molecule has 0 radical (unpaired) electrons. The van der Waals surface area contributed by atoms with Crippen LogP contribution in [0.3, 0.4) is 0 Å². The number of carbonyl (C=O) groups excluding carboxylic acids is 1. The number of hydrogen-bond donors (Lipinski definition) is 0. The van der Waals surface area contributed by atoms with Gasteiger partial charge >= 0.3 is 0 Å². The number of ketones is 1. The Balaban J connectivity index is 1.98. The number of carbonyl (C=O) groups is 1. The molecule has 0 N–H and O–H groups in total. The first-order valence-corrected chi connectivity index (χ1v) is 7.19. The van der Waals surface area contributed by atoms with E-state index in [-0.39, 0.29) is 5.78 Å². The van der Waals surface area contributed by atoms with Crippen molar-refractivity contribution in [2.24, 2.45) is 5.10 Å². The number of rotatable bonds is 5. The Labute approximate surface area is 115 Å². The lowest BCUT2D eigenvalue weighted by atomic mass is 10.0. The molecule has 19 heavy (non-hydrogen) atoms. The van der Waals surface area contributed by atoms with Gasteiger partial charge < -0.3 is 0 Å². The highest BCUT2D eigenvalue weighted by atomic mass is 16.1. The molecule has 0 bridgehead atoms. The summed E-state index contributed by atoms with van der Waals surface area (Å²) in [5.41, 5.74) is 1.78. The fraction of sp³-hybridized carbons (Fsp3) is 0.500. The van der Waals surface area contributed by atoms with Gasteiger partial charge in [-0.15, -0.1) is 0 Å². The lowest BCUT2D eigenvalue weighted by Gasteiger charge is -2.24. The average Bonchev–Trinajstić information content (AvgIpc) is 2.48. The fourth-order valence-corrected chi connectivity index (χ4v) is 2.32. The van der Waals surface area contributed by atoms with E-state index in [0.717, 1.165) is 30.8 Å². The quantitative estimate of drug-likeness (QED) is 0.598. The second kappa shape index (κ2) is 7.07. The smallest absolute Gasteiger partial charge is 0.168 e. The summed E-state index contributed by atoms with van der Waals surface area (Å²) in [7, 11) is 0. The van der Waals surface area contributed by atoms with Crippen molar-refractivity contribution in [1.29, 1.82) is 0 Å². The van der Waals surface area contributed by atoms with E-state index in [1.165, 1.54) is 19.3 Å². The summed E-state index contributed by atoms with van der Waals surface area (Å²) >= 11 is 0. The first-order chi connectivity index (χ1) is 9.29. The molecular weight excluding hydrogens is 236 g/mol. The van der Waals surface area contributed by atoms with Gasteiger partial charge in [-0.2, -0.15) is 5.10 Å². The molecule has 0 aliphatic carbocycles. The Hall–Kier alpha value is -1.64. The Morgan fingerprint density at radius 3 is 2.47 bits per heavy atom. The van der Waals surface area contributed by atoms with Crippen molar-refractivity contribution in [2.45, 2.75) is 39.0 Å². The minimum absolute atomic E-state index is 0.165. The number of hydrazone groups is 1. The Morgan fingerprint density at radius 2 is 1.84 bits per heavy atom. The van der Waals surface area contributed by atoms with Crippen LogP contribution in [0.25, 0.3) is 0 Å². The van der Waals surface area contributed by atoms with Crippen molar-refractivity contribution in [3.63, 3.8) is 0 Å².